The van der Waals surface area contributed by atoms with Gasteiger partial charge in [-0.25, -0.2) is 10.6 Å². The number of nitrogen functional groups attached to an aromatic ring is 1. The van der Waals surface area contributed by atoms with E-state index in [2.05, 4.69) is 4.74 Å². The SMILES string of the molecule is COC(=O)c1cccc(C)c1O.Cc1cccc(C(=O)NN)c1O. The summed E-state index contributed by atoms with van der Waals surface area (Å²) in [5.74, 6) is 3.87. The number of phenols is 2. The molecule has 128 valence electrons. The van der Waals surface area contributed by atoms with Gasteiger partial charge in [0.05, 0.1) is 12.7 Å². The summed E-state index contributed by atoms with van der Waals surface area (Å²) in [6, 6.07) is 9.84. The summed E-state index contributed by atoms with van der Waals surface area (Å²) in [5, 5.41) is 18.8. The van der Waals surface area contributed by atoms with Crippen LogP contribution in [0.15, 0.2) is 36.4 Å². The lowest BCUT2D eigenvalue weighted by atomic mass is 10.1. The molecule has 0 aliphatic carbocycles. The van der Waals surface area contributed by atoms with Gasteiger partial charge in [-0.2, -0.15) is 0 Å². The molecule has 2 aromatic carbocycles. The number of phenolic OH excluding ortho intramolecular Hbond substituents is 2. The molecule has 0 saturated heterocycles. The molecular weight excluding hydrogens is 312 g/mol. The zero-order valence-electron chi connectivity index (χ0n) is 13.7. The predicted molar refractivity (Wildman–Crippen MR) is 88.7 cm³/mol. The Balaban J connectivity index is 0.000000240. The number of hydrogen-bond acceptors (Lipinski definition) is 6. The second kappa shape index (κ2) is 8.54. The lowest BCUT2D eigenvalue weighted by Crippen LogP contribution is -2.30. The highest BCUT2D eigenvalue weighted by Crippen LogP contribution is 2.22. The van der Waals surface area contributed by atoms with E-state index in [9.17, 15) is 19.8 Å². The molecule has 0 aromatic heterocycles. The molecule has 0 fully saturated rings. The lowest BCUT2D eigenvalue weighted by Gasteiger charge is -2.04. The van der Waals surface area contributed by atoms with E-state index in [1.807, 2.05) is 5.43 Å². The number of esters is 1. The minimum absolute atomic E-state index is 0.00986. The Bertz CT molecular complexity index is 680. The van der Waals surface area contributed by atoms with Gasteiger partial charge in [0.25, 0.3) is 5.91 Å². The van der Waals surface area contributed by atoms with Gasteiger partial charge in [0, 0.05) is 0 Å². The first-order chi connectivity index (χ1) is 11.3. The van der Waals surface area contributed by atoms with Crippen LogP contribution in [-0.4, -0.2) is 29.2 Å². The number of hydrogen-bond donors (Lipinski definition) is 4. The number of carbonyl (C=O) groups is 2. The van der Waals surface area contributed by atoms with E-state index in [1.54, 1.807) is 38.1 Å². The molecule has 2 rings (SSSR count). The maximum absolute atomic E-state index is 11.0. The van der Waals surface area contributed by atoms with Crippen LogP contribution in [0.4, 0.5) is 0 Å². The largest absolute Gasteiger partial charge is 0.507 e. The van der Waals surface area contributed by atoms with Crippen LogP contribution in [0.5, 0.6) is 11.5 Å². The highest BCUT2D eigenvalue weighted by atomic mass is 16.5. The van der Waals surface area contributed by atoms with Crippen molar-refractivity contribution in [1.82, 2.24) is 5.43 Å². The molecule has 0 radical (unpaired) electrons. The summed E-state index contributed by atoms with van der Waals surface area (Å²) in [7, 11) is 1.28. The standard InChI is InChI=1S/C9H10O3.C8H10N2O2/c1-6-4-3-5-7(8(6)10)9(11)12-2;1-5-3-2-4-6(7(5)11)8(12)10-9/h3-5,10H,1-2H3;2-4,11H,9H2,1H3,(H,10,12). The number of aromatic hydroxyl groups is 2. The maximum atomic E-state index is 11.0. The Hall–Kier alpha value is -3.06. The molecular formula is C17H20N2O5. The molecule has 24 heavy (non-hydrogen) atoms. The number of methoxy groups -OCH3 is 1. The van der Waals surface area contributed by atoms with E-state index in [-0.39, 0.29) is 22.6 Å². The molecule has 0 aliphatic rings. The number of benzene rings is 2. The molecule has 2 aromatic rings. The topological polar surface area (TPSA) is 122 Å². The molecule has 0 aliphatic heterocycles. The van der Waals surface area contributed by atoms with E-state index >= 15 is 0 Å². The number of nitrogens with one attached hydrogen (secondary N) is 1. The number of aryl methyl sites for hydroxylation is 2. The van der Waals surface area contributed by atoms with Crippen LogP contribution in [0.25, 0.3) is 0 Å². The predicted octanol–water partition coefficient (Wildman–Crippen LogP) is 1.79. The second-order valence-corrected chi connectivity index (χ2v) is 4.91. The van der Waals surface area contributed by atoms with Gasteiger partial charge >= 0.3 is 5.97 Å². The first-order valence-corrected chi connectivity index (χ1v) is 6.99. The highest BCUT2D eigenvalue weighted by molar-refractivity contribution is 5.96. The number of amides is 1. The second-order valence-electron chi connectivity index (χ2n) is 4.91. The molecule has 0 saturated carbocycles. The molecule has 0 unspecified atom stereocenters. The minimum atomic E-state index is -0.517. The van der Waals surface area contributed by atoms with Gasteiger partial charge in [0.15, 0.2) is 0 Å². The van der Waals surface area contributed by atoms with E-state index in [4.69, 9.17) is 5.84 Å². The summed E-state index contributed by atoms with van der Waals surface area (Å²) in [6.45, 7) is 3.43. The van der Waals surface area contributed by atoms with Gasteiger partial charge in [-0.1, -0.05) is 24.3 Å². The van der Waals surface area contributed by atoms with Gasteiger partial charge in [0.1, 0.15) is 17.1 Å². The van der Waals surface area contributed by atoms with Crippen molar-refractivity contribution in [3.8, 4) is 11.5 Å². The molecule has 0 heterocycles. The molecule has 5 N–H and O–H groups in total. The van der Waals surface area contributed by atoms with Crippen LogP contribution in [0.3, 0.4) is 0 Å². The number of carbonyl (C=O) groups excluding carboxylic acids is 2. The van der Waals surface area contributed by atoms with Crippen LogP contribution in [-0.2, 0) is 4.74 Å². The van der Waals surface area contributed by atoms with Crippen LogP contribution in [0.2, 0.25) is 0 Å². The number of nitrogens with two attached hydrogens (primary N) is 1. The number of ether oxygens (including phenoxy) is 1. The normalized spacial score (nSPS) is 9.50. The lowest BCUT2D eigenvalue weighted by molar-refractivity contribution is 0.0597. The molecule has 7 heteroatoms. The van der Waals surface area contributed by atoms with Crippen molar-refractivity contribution in [1.29, 1.82) is 0 Å². The van der Waals surface area contributed by atoms with Gasteiger partial charge in [-0.15, -0.1) is 0 Å². The summed E-state index contributed by atoms with van der Waals surface area (Å²) < 4.78 is 4.47. The van der Waals surface area contributed by atoms with E-state index in [0.29, 0.717) is 11.1 Å². The Morgan fingerprint density at radius 3 is 1.88 bits per heavy atom. The fourth-order valence-electron chi connectivity index (χ4n) is 1.85. The van der Waals surface area contributed by atoms with E-state index in [0.717, 1.165) is 0 Å². The smallest absolute Gasteiger partial charge is 0.341 e. The zero-order valence-corrected chi connectivity index (χ0v) is 13.7. The van der Waals surface area contributed by atoms with Crippen molar-refractivity contribution < 1.29 is 24.5 Å². The van der Waals surface area contributed by atoms with Crippen LogP contribution in [0.1, 0.15) is 31.8 Å². The highest BCUT2D eigenvalue weighted by Gasteiger charge is 2.11. The maximum Gasteiger partial charge on any atom is 0.341 e. The summed E-state index contributed by atoms with van der Waals surface area (Å²) in [4.78, 5) is 22.0. The Labute approximate surface area is 139 Å². The Morgan fingerprint density at radius 1 is 0.958 bits per heavy atom. The third-order valence-electron chi connectivity index (χ3n) is 3.26. The number of para-hydroxylation sites is 2. The van der Waals surface area contributed by atoms with Gasteiger partial charge in [-0.3, -0.25) is 10.2 Å². The Morgan fingerprint density at radius 2 is 1.42 bits per heavy atom. The van der Waals surface area contributed by atoms with Crippen molar-refractivity contribution in [2.75, 3.05) is 7.11 Å². The van der Waals surface area contributed by atoms with Crippen molar-refractivity contribution in [3.63, 3.8) is 0 Å². The number of rotatable bonds is 2. The van der Waals surface area contributed by atoms with Crippen LogP contribution >= 0.6 is 0 Å². The monoisotopic (exact) mass is 332 g/mol. The van der Waals surface area contributed by atoms with Crippen molar-refractivity contribution >= 4 is 11.9 Å². The summed E-state index contributed by atoms with van der Waals surface area (Å²) in [5.41, 5.74) is 3.66. The third kappa shape index (κ3) is 4.47. The van der Waals surface area contributed by atoms with E-state index in [1.165, 1.54) is 19.2 Å². The Kier molecular flexibility index (Phi) is 6.76. The fraction of sp³-hybridized carbons (Fsp3) is 0.176. The van der Waals surface area contributed by atoms with Gasteiger partial charge in [-0.05, 0) is 37.1 Å². The zero-order chi connectivity index (χ0) is 18.3. The van der Waals surface area contributed by atoms with Crippen molar-refractivity contribution in [3.05, 3.63) is 58.7 Å². The first-order valence-electron chi connectivity index (χ1n) is 6.99. The van der Waals surface area contributed by atoms with Crippen LogP contribution in [0, 0.1) is 13.8 Å². The summed E-state index contributed by atoms with van der Waals surface area (Å²) >= 11 is 0. The van der Waals surface area contributed by atoms with Gasteiger partial charge in [0.2, 0.25) is 0 Å². The quantitative estimate of drug-likeness (QED) is 0.288. The third-order valence-corrected chi connectivity index (χ3v) is 3.26. The average Bonchev–Trinajstić information content (AvgIpc) is 2.59. The van der Waals surface area contributed by atoms with Gasteiger partial charge < -0.3 is 14.9 Å². The van der Waals surface area contributed by atoms with Crippen molar-refractivity contribution in [2.45, 2.75) is 13.8 Å². The first kappa shape index (κ1) is 19.0. The number of hydrazine groups is 1. The fourth-order valence-corrected chi connectivity index (χ4v) is 1.85. The van der Waals surface area contributed by atoms with Crippen molar-refractivity contribution in [2.24, 2.45) is 5.84 Å². The van der Waals surface area contributed by atoms with E-state index < -0.39 is 11.9 Å². The molecule has 0 atom stereocenters. The minimum Gasteiger partial charge on any atom is -0.507 e. The van der Waals surface area contributed by atoms with Crippen LogP contribution < -0.4 is 11.3 Å². The molecule has 1 amide bonds. The molecule has 0 bridgehead atoms. The molecule has 7 nitrogen and oxygen atoms in total. The average molecular weight is 332 g/mol. The molecule has 0 spiro atoms. The summed E-state index contributed by atoms with van der Waals surface area (Å²) in [6.07, 6.45) is 0.